The van der Waals surface area contributed by atoms with Gasteiger partial charge in [0.15, 0.2) is 0 Å². The third-order valence-electron chi connectivity index (χ3n) is 6.74. The van der Waals surface area contributed by atoms with Gasteiger partial charge in [-0.3, -0.25) is 0 Å². The lowest BCUT2D eigenvalue weighted by atomic mass is 9.93. The van der Waals surface area contributed by atoms with Gasteiger partial charge in [0.25, 0.3) is 0 Å². The molecule has 0 fully saturated rings. The molecule has 4 nitrogen and oxygen atoms in total. The molecule has 1 aromatic carbocycles. The van der Waals surface area contributed by atoms with Gasteiger partial charge >= 0.3 is 0 Å². The minimum absolute atomic E-state index is 0.0883. The maximum absolute atomic E-state index is 13.8. The normalized spacial score (nSPS) is 21.7. The van der Waals surface area contributed by atoms with Crippen molar-refractivity contribution in [2.45, 2.75) is 53.2 Å². The first-order valence-electron chi connectivity index (χ1n) is 12.7. The number of rotatable bonds is 5. The van der Waals surface area contributed by atoms with Gasteiger partial charge in [-0.25, -0.2) is 4.39 Å². The van der Waals surface area contributed by atoms with E-state index >= 15 is 0 Å². The number of benzene rings is 1. The second kappa shape index (κ2) is 12.4. The van der Waals surface area contributed by atoms with Gasteiger partial charge in [-0.15, -0.1) is 0 Å². The lowest BCUT2D eigenvalue weighted by Crippen LogP contribution is -2.43. The predicted molar refractivity (Wildman–Crippen MR) is 151 cm³/mol. The molecule has 3 aliphatic rings. The van der Waals surface area contributed by atoms with Gasteiger partial charge in [0.2, 0.25) is 0 Å². The van der Waals surface area contributed by atoms with Crippen molar-refractivity contribution >= 4 is 17.3 Å². The number of allylic oxidation sites excluding steroid dienone is 5. The molecular weight excluding hydrogens is 471 g/mol. The molecule has 1 N–H and O–H groups in total. The van der Waals surface area contributed by atoms with Crippen LogP contribution in [0.2, 0.25) is 5.02 Å². The van der Waals surface area contributed by atoms with Crippen molar-refractivity contribution in [1.29, 1.82) is 0 Å². The number of halogens is 2. The molecule has 194 valence electrons. The van der Waals surface area contributed by atoms with Crippen LogP contribution in [0.3, 0.4) is 0 Å². The summed E-state index contributed by atoms with van der Waals surface area (Å²) in [6.07, 6.45) is 18.4. The van der Waals surface area contributed by atoms with Crippen molar-refractivity contribution in [3.8, 4) is 0 Å². The Bertz CT molecular complexity index is 1110. The zero-order valence-electron chi connectivity index (χ0n) is 22.6. The van der Waals surface area contributed by atoms with Crippen molar-refractivity contribution in [1.82, 2.24) is 20.0 Å². The van der Waals surface area contributed by atoms with Gasteiger partial charge in [0, 0.05) is 56.4 Å². The minimum atomic E-state index is -0.405. The van der Waals surface area contributed by atoms with E-state index in [9.17, 15) is 4.39 Å². The molecule has 0 saturated heterocycles. The molecule has 0 bridgehead atoms. The average Bonchev–Trinajstić information content (AvgIpc) is 3.28. The molecule has 0 saturated carbocycles. The average molecular weight is 511 g/mol. The molecule has 1 aromatic rings. The second-order valence-electron chi connectivity index (χ2n) is 9.83. The van der Waals surface area contributed by atoms with Crippen molar-refractivity contribution in [2.24, 2.45) is 5.92 Å². The smallest absolute Gasteiger partial charge is 0.141 e. The Balaban J connectivity index is 0.000000658. The Hall–Kier alpha value is -2.92. The van der Waals surface area contributed by atoms with Gasteiger partial charge in [0.1, 0.15) is 12.0 Å². The molecule has 0 amide bonds. The summed E-state index contributed by atoms with van der Waals surface area (Å²) in [6, 6.07) is 5.15. The quantitative estimate of drug-likeness (QED) is 0.455. The van der Waals surface area contributed by atoms with E-state index in [1.165, 1.54) is 18.2 Å². The Morgan fingerprint density at radius 3 is 2.56 bits per heavy atom. The maximum Gasteiger partial charge on any atom is 0.141 e. The van der Waals surface area contributed by atoms with Crippen molar-refractivity contribution in [3.63, 3.8) is 0 Å². The molecular formula is C30H40ClFN4. The topological polar surface area (TPSA) is 21.8 Å². The molecule has 2 atom stereocenters. The second-order valence-corrected chi connectivity index (χ2v) is 10.2. The standard InChI is InChI=1S/C25H28ClFN4.C5H12/c1-5-23(25-28-12-14-30(25)4)31-16-19(9-8-17(31)2)20-7-6-13-29(3)24(20)18-10-11-22(27)21(26)15-18;1-4-5(2)3/h5-12,14-17,25,28H,13H2,1-4H3;5H,4H2,1-3H3/b23-5-;. The Kier molecular flexibility index (Phi) is 9.49. The largest absolute Gasteiger partial charge is 0.370 e. The SMILES string of the molecule is C/C=C(/C1NC=CN1C)N1C=C(C2=C(c3ccc(F)c(Cl)c3)N(C)CC=C2)C=CC1C.CCC(C)C. The maximum atomic E-state index is 13.8. The summed E-state index contributed by atoms with van der Waals surface area (Å²) in [4.78, 5) is 6.64. The lowest BCUT2D eigenvalue weighted by Gasteiger charge is -2.37. The van der Waals surface area contributed by atoms with Gasteiger partial charge < -0.3 is 20.0 Å². The minimum Gasteiger partial charge on any atom is -0.370 e. The number of hydrogen-bond donors (Lipinski definition) is 1. The van der Waals surface area contributed by atoms with Crippen LogP contribution in [-0.2, 0) is 0 Å². The Morgan fingerprint density at radius 1 is 1.25 bits per heavy atom. The highest BCUT2D eigenvalue weighted by Gasteiger charge is 2.28. The predicted octanol–water partition coefficient (Wildman–Crippen LogP) is 7.12. The van der Waals surface area contributed by atoms with E-state index in [2.05, 4.69) is 98.3 Å². The Labute approximate surface area is 221 Å². The molecule has 0 spiro atoms. The molecule has 0 aliphatic carbocycles. The van der Waals surface area contributed by atoms with Gasteiger partial charge in [-0.2, -0.15) is 0 Å². The van der Waals surface area contributed by atoms with Crippen LogP contribution >= 0.6 is 11.6 Å². The number of likely N-dealkylation sites (N-methyl/N-ethyl adjacent to an activating group) is 2. The van der Waals surface area contributed by atoms with E-state index in [0.29, 0.717) is 0 Å². The van der Waals surface area contributed by atoms with Crippen LogP contribution in [0.4, 0.5) is 4.39 Å². The highest BCUT2D eigenvalue weighted by molar-refractivity contribution is 6.30. The van der Waals surface area contributed by atoms with E-state index in [-0.39, 0.29) is 17.2 Å². The third kappa shape index (κ3) is 6.25. The van der Waals surface area contributed by atoms with E-state index < -0.39 is 5.82 Å². The fraction of sp³-hybridized carbons (Fsp3) is 0.400. The van der Waals surface area contributed by atoms with Crippen LogP contribution in [-0.4, -0.2) is 47.5 Å². The van der Waals surface area contributed by atoms with E-state index in [1.807, 2.05) is 19.4 Å². The first-order valence-corrected chi connectivity index (χ1v) is 13.1. The molecule has 3 aliphatic heterocycles. The van der Waals surface area contributed by atoms with Crippen molar-refractivity contribution < 1.29 is 4.39 Å². The molecule has 0 radical (unpaired) electrons. The monoisotopic (exact) mass is 510 g/mol. The van der Waals surface area contributed by atoms with E-state index in [4.69, 9.17) is 11.6 Å². The number of nitrogens with zero attached hydrogens (tertiary/aromatic N) is 3. The molecule has 4 rings (SSSR count). The van der Waals surface area contributed by atoms with Crippen LogP contribution in [0, 0.1) is 11.7 Å². The van der Waals surface area contributed by atoms with Crippen LogP contribution in [0.25, 0.3) is 5.70 Å². The van der Waals surface area contributed by atoms with Crippen molar-refractivity contribution in [2.75, 3.05) is 20.6 Å². The highest BCUT2D eigenvalue weighted by Crippen LogP contribution is 2.35. The lowest BCUT2D eigenvalue weighted by molar-refractivity contribution is 0.285. The summed E-state index contributed by atoms with van der Waals surface area (Å²) in [6.45, 7) is 11.7. The Morgan fingerprint density at radius 2 is 1.97 bits per heavy atom. The summed E-state index contributed by atoms with van der Waals surface area (Å²) in [5.41, 5.74) is 5.31. The van der Waals surface area contributed by atoms with E-state index in [0.717, 1.165) is 34.9 Å². The first-order chi connectivity index (χ1) is 17.2. The summed E-state index contributed by atoms with van der Waals surface area (Å²) in [7, 11) is 4.11. The molecule has 36 heavy (non-hydrogen) atoms. The number of hydrogen-bond acceptors (Lipinski definition) is 4. The molecule has 3 heterocycles. The fourth-order valence-electron chi connectivity index (χ4n) is 4.27. The third-order valence-corrected chi connectivity index (χ3v) is 7.03. The van der Waals surface area contributed by atoms with Gasteiger partial charge in [-0.1, -0.05) is 69.2 Å². The first kappa shape index (κ1) is 27.7. The highest BCUT2D eigenvalue weighted by atomic mass is 35.5. The van der Waals surface area contributed by atoms with Gasteiger partial charge in [0.05, 0.1) is 16.4 Å². The summed E-state index contributed by atoms with van der Waals surface area (Å²) < 4.78 is 13.8. The fourth-order valence-corrected chi connectivity index (χ4v) is 4.45. The van der Waals surface area contributed by atoms with Crippen molar-refractivity contribution in [3.05, 3.63) is 100 Å². The molecule has 0 aromatic heterocycles. The van der Waals surface area contributed by atoms with Crippen LogP contribution in [0.15, 0.2) is 84.0 Å². The van der Waals surface area contributed by atoms with Crippen LogP contribution in [0.5, 0.6) is 0 Å². The zero-order valence-corrected chi connectivity index (χ0v) is 23.4. The van der Waals surface area contributed by atoms with E-state index in [1.54, 1.807) is 12.1 Å². The van der Waals surface area contributed by atoms with Crippen LogP contribution < -0.4 is 5.32 Å². The summed E-state index contributed by atoms with van der Waals surface area (Å²) in [5, 5.41) is 3.55. The van der Waals surface area contributed by atoms with Crippen LogP contribution in [0.1, 0.15) is 46.6 Å². The van der Waals surface area contributed by atoms with Gasteiger partial charge in [-0.05, 0) is 43.5 Å². The summed E-state index contributed by atoms with van der Waals surface area (Å²) in [5.74, 6) is 0.480. The molecule has 2 unspecified atom stereocenters. The summed E-state index contributed by atoms with van der Waals surface area (Å²) >= 11 is 6.11. The zero-order chi connectivity index (χ0) is 26.4. The number of nitrogens with one attached hydrogen (secondary N) is 1. The molecule has 6 heteroatoms.